The zero-order valence-corrected chi connectivity index (χ0v) is 10.7. The summed E-state index contributed by atoms with van der Waals surface area (Å²) in [6.07, 6.45) is 5.28. The molecular weight excluding hydrogens is 198 g/mol. The Hall–Kier alpha value is -0.830. The van der Waals surface area contributed by atoms with Gasteiger partial charge in [-0.3, -0.25) is 4.68 Å². The first-order chi connectivity index (χ1) is 7.65. The van der Waals surface area contributed by atoms with Gasteiger partial charge < -0.3 is 5.32 Å². The molecule has 0 aliphatic heterocycles. The van der Waals surface area contributed by atoms with E-state index in [0.717, 1.165) is 24.7 Å². The second-order valence-electron chi connectivity index (χ2n) is 5.25. The lowest BCUT2D eigenvalue weighted by atomic mass is 9.92. The van der Waals surface area contributed by atoms with Crippen molar-refractivity contribution in [1.82, 2.24) is 15.1 Å². The van der Waals surface area contributed by atoms with Crippen LogP contribution in [-0.2, 0) is 13.5 Å². The van der Waals surface area contributed by atoms with E-state index in [0.29, 0.717) is 5.92 Å². The average Bonchev–Trinajstić information content (AvgIpc) is 2.42. The lowest BCUT2D eigenvalue weighted by molar-refractivity contribution is 0.319. The number of nitrogens with one attached hydrogen (secondary N) is 1. The largest absolute Gasteiger partial charge is 0.314 e. The van der Waals surface area contributed by atoms with E-state index < -0.39 is 0 Å². The van der Waals surface area contributed by atoms with E-state index in [4.69, 9.17) is 0 Å². The summed E-state index contributed by atoms with van der Waals surface area (Å²) in [5.74, 6) is 0.690. The molecule has 1 fully saturated rings. The molecule has 90 valence electrons. The van der Waals surface area contributed by atoms with Crippen LogP contribution < -0.4 is 5.32 Å². The molecule has 3 nitrogen and oxygen atoms in total. The summed E-state index contributed by atoms with van der Waals surface area (Å²) in [5, 5.41) is 8.02. The molecular formula is C13H23N3. The zero-order chi connectivity index (χ0) is 11.5. The van der Waals surface area contributed by atoms with Gasteiger partial charge in [-0.2, -0.15) is 5.10 Å². The second kappa shape index (κ2) is 5.00. The highest BCUT2D eigenvalue weighted by Gasteiger charge is 2.17. The van der Waals surface area contributed by atoms with E-state index in [9.17, 15) is 0 Å². The molecule has 0 aromatic carbocycles. The summed E-state index contributed by atoms with van der Waals surface area (Å²) in [6, 6.07) is 3.00. The van der Waals surface area contributed by atoms with Crippen LogP contribution in [0.25, 0.3) is 0 Å². The molecule has 0 amide bonds. The Labute approximate surface area is 98.2 Å². The van der Waals surface area contributed by atoms with Crippen LogP contribution in [0, 0.1) is 12.8 Å². The van der Waals surface area contributed by atoms with Crippen molar-refractivity contribution in [2.45, 2.75) is 45.6 Å². The molecule has 3 heteroatoms. The fraction of sp³-hybridized carbons (Fsp3) is 0.769. The average molecular weight is 221 g/mol. The van der Waals surface area contributed by atoms with Crippen molar-refractivity contribution in [1.29, 1.82) is 0 Å². The molecule has 0 radical (unpaired) electrons. The van der Waals surface area contributed by atoms with Crippen LogP contribution in [0.5, 0.6) is 0 Å². The number of nitrogens with zero attached hydrogens (tertiary/aromatic N) is 2. The molecule has 1 aliphatic carbocycles. The highest BCUT2D eigenvalue weighted by atomic mass is 15.3. The van der Waals surface area contributed by atoms with Gasteiger partial charge in [-0.25, -0.2) is 0 Å². The van der Waals surface area contributed by atoms with E-state index >= 15 is 0 Å². The van der Waals surface area contributed by atoms with Gasteiger partial charge in [-0.1, -0.05) is 13.3 Å². The van der Waals surface area contributed by atoms with E-state index in [1.807, 2.05) is 11.7 Å². The number of rotatable bonds is 5. The van der Waals surface area contributed by atoms with Crippen molar-refractivity contribution in [3.05, 3.63) is 17.5 Å². The van der Waals surface area contributed by atoms with Crippen LogP contribution in [0.2, 0.25) is 0 Å². The topological polar surface area (TPSA) is 29.9 Å². The Kier molecular flexibility index (Phi) is 3.64. The van der Waals surface area contributed by atoms with E-state index in [-0.39, 0.29) is 0 Å². The molecule has 1 heterocycles. The van der Waals surface area contributed by atoms with Crippen LogP contribution in [0.1, 0.15) is 37.6 Å². The van der Waals surface area contributed by atoms with Crippen LogP contribution >= 0.6 is 0 Å². The van der Waals surface area contributed by atoms with Gasteiger partial charge in [-0.05, 0) is 44.7 Å². The molecule has 1 aliphatic rings. The third kappa shape index (κ3) is 2.85. The number of hydrogen-bond donors (Lipinski definition) is 1. The maximum Gasteiger partial charge on any atom is 0.0596 e. The highest BCUT2D eigenvalue weighted by Crippen LogP contribution is 2.18. The quantitative estimate of drug-likeness (QED) is 0.824. The zero-order valence-electron chi connectivity index (χ0n) is 10.7. The predicted octanol–water partition coefficient (Wildman–Crippen LogP) is 2.05. The monoisotopic (exact) mass is 221 g/mol. The molecule has 1 saturated carbocycles. The first-order valence-electron chi connectivity index (χ1n) is 6.38. The smallest absolute Gasteiger partial charge is 0.0596 e. The van der Waals surface area contributed by atoms with Gasteiger partial charge in [0.25, 0.3) is 0 Å². The van der Waals surface area contributed by atoms with Crippen molar-refractivity contribution in [3.8, 4) is 0 Å². The molecule has 1 unspecified atom stereocenters. The van der Waals surface area contributed by atoms with E-state index in [1.54, 1.807) is 0 Å². The number of aromatic nitrogens is 2. The summed E-state index contributed by atoms with van der Waals surface area (Å²) in [6.45, 7) is 5.50. The second-order valence-corrected chi connectivity index (χ2v) is 5.25. The van der Waals surface area contributed by atoms with Crippen molar-refractivity contribution in [3.63, 3.8) is 0 Å². The maximum absolute atomic E-state index is 4.38. The SMILES string of the molecule is Cc1cc(CC(C)CNC2CCC2)n(C)n1. The lowest BCUT2D eigenvalue weighted by Gasteiger charge is -2.28. The van der Waals surface area contributed by atoms with Gasteiger partial charge in [-0.15, -0.1) is 0 Å². The summed E-state index contributed by atoms with van der Waals surface area (Å²) < 4.78 is 2.01. The van der Waals surface area contributed by atoms with Crippen LogP contribution in [0.4, 0.5) is 0 Å². The highest BCUT2D eigenvalue weighted by molar-refractivity contribution is 5.09. The third-order valence-electron chi connectivity index (χ3n) is 3.52. The van der Waals surface area contributed by atoms with Crippen LogP contribution in [0.3, 0.4) is 0 Å². The molecule has 1 aromatic heterocycles. The normalized spacial score (nSPS) is 18.4. The van der Waals surface area contributed by atoms with Gasteiger partial charge in [0.1, 0.15) is 0 Å². The Morgan fingerprint density at radius 2 is 2.31 bits per heavy atom. The maximum atomic E-state index is 4.38. The Morgan fingerprint density at radius 1 is 1.56 bits per heavy atom. The van der Waals surface area contributed by atoms with Crippen molar-refractivity contribution >= 4 is 0 Å². The molecule has 0 saturated heterocycles. The fourth-order valence-electron chi connectivity index (χ4n) is 2.26. The minimum Gasteiger partial charge on any atom is -0.314 e. The Bertz CT molecular complexity index is 339. The summed E-state index contributed by atoms with van der Waals surface area (Å²) in [5.41, 5.74) is 2.47. The Morgan fingerprint density at radius 3 is 2.81 bits per heavy atom. The molecule has 1 aromatic rings. The Balaban J connectivity index is 1.77. The molecule has 1 N–H and O–H groups in total. The van der Waals surface area contributed by atoms with Gasteiger partial charge in [0.2, 0.25) is 0 Å². The predicted molar refractivity (Wildman–Crippen MR) is 66.5 cm³/mol. The van der Waals surface area contributed by atoms with E-state index in [2.05, 4.69) is 30.3 Å². The minimum atomic E-state index is 0.690. The standard InChI is InChI=1S/C13H23N3/c1-10(9-14-12-5-4-6-12)7-13-8-11(2)15-16(13)3/h8,10,12,14H,4-7,9H2,1-3H3. The summed E-state index contributed by atoms with van der Waals surface area (Å²) in [7, 11) is 2.04. The van der Waals surface area contributed by atoms with Gasteiger partial charge in [0.05, 0.1) is 5.69 Å². The van der Waals surface area contributed by atoms with Crippen LogP contribution in [0.15, 0.2) is 6.07 Å². The molecule has 16 heavy (non-hydrogen) atoms. The minimum absolute atomic E-state index is 0.690. The number of hydrogen-bond acceptors (Lipinski definition) is 2. The summed E-state index contributed by atoms with van der Waals surface area (Å²) in [4.78, 5) is 0. The van der Waals surface area contributed by atoms with Crippen molar-refractivity contribution in [2.75, 3.05) is 6.54 Å². The third-order valence-corrected chi connectivity index (χ3v) is 3.52. The molecule has 1 atom stereocenters. The molecule has 2 rings (SSSR count). The lowest BCUT2D eigenvalue weighted by Crippen LogP contribution is -2.38. The summed E-state index contributed by atoms with van der Waals surface area (Å²) >= 11 is 0. The molecule has 0 spiro atoms. The van der Waals surface area contributed by atoms with Gasteiger partial charge in [0, 0.05) is 18.8 Å². The molecule has 0 bridgehead atoms. The van der Waals surface area contributed by atoms with Gasteiger partial charge in [0.15, 0.2) is 0 Å². The first kappa shape index (κ1) is 11.6. The van der Waals surface area contributed by atoms with Crippen LogP contribution in [-0.4, -0.2) is 22.4 Å². The van der Waals surface area contributed by atoms with Crippen molar-refractivity contribution < 1.29 is 0 Å². The fourth-order valence-corrected chi connectivity index (χ4v) is 2.26. The number of aryl methyl sites for hydroxylation is 2. The van der Waals surface area contributed by atoms with E-state index in [1.165, 1.54) is 25.0 Å². The first-order valence-corrected chi connectivity index (χ1v) is 6.38. The van der Waals surface area contributed by atoms with Gasteiger partial charge >= 0.3 is 0 Å². The van der Waals surface area contributed by atoms with Crippen molar-refractivity contribution in [2.24, 2.45) is 13.0 Å².